The Morgan fingerprint density at radius 3 is 2.88 bits per heavy atom. The second-order valence-corrected chi connectivity index (χ2v) is 3.62. The van der Waals surface area contributed by atoms with E-state index in [1.807, 2.05) is 0 Å². The van der Waals surface area contributed by atoms with Crippen LogP contribution in [0.5, 0.6) is 0 Å². The molecule has 0 aliphatic rings. The molecule has 92 valence electrons. The molecule has 0 saturated carbocycles. The molecule has 1 atom stereocenters. The first-order valence-electron chi connectivity index (χ1n) is 4.68. The van der Waals surface area contributed by atoms with E-state index in [1.165, 1.54) is 25.4 Å². The van der Waals surface area contributed by atoms with Crippen LogP contribution in [0.3, 0.4) is 0 Å². The minimum absolute atomic E-state index is 0.0554. The summed E-state index contributed by atoms with van der Waals surface area (Å²) < 4.78 is 4.68. The molecule has 0 spiro atoms. The highest BCUT2D eigenvalue weighted by molar-refractivity contribution is 6.30. The standard InChI is InChI=1S/C10H11ClN2O4/c1-17-5-8(10(15)16)13-9(14)7-4-6(11)2-3-12-7/h2-4,8H,5H2,1H3,(H,13,14)(H,15,16). The van der Waals surface area contributed by atoms with Crippen molar-refractivity contribution in [2.75, 3.05) is 13.7 Å². The fraction of sp³-hybridized carbons (Fsp3) is 0.300. The minimum atomic E-state index is -1.18. The van der Waals surface area contributed by atoms with Gasteiger partial charge in [-0.05, 0) is 12.1 Å². The molecule has 17 heavy (non-hydrogen) atoms. The van der Waals surface area contributed by atoms with Crippen molar-refractivity contribution in [1.29, 1.82) is 0 Å². The highest BCUT2D eigenvalue weighted by atomic mass is 35.5. The van der Waals surface area contributed by atoms with Gasteiger partial charge in [0.15, 0.2) is 6.04 Å². The zero-order chi connectivity index (χ0) is 12.8. The smallest absolute Gasteiger partial charge is 0.328 e. The molecule has 1 aromatic heterocycles. The number of carboxylic acid groups (broad SMARTS) is 1. The van der Waals surface area contributed by atoms with Gasteiger partial charge in [0.05, 0.1) is 6.61 Å². The van der Waals surface area contributed by atoms with Crippen molar-refractivity contribution in [2.45, 2.75) is 6.04 Å². The lowest BCUT2D eigenvalue weighted by Gasteiger charge is -2.12. The number of nitrogens with zero attached hydrogens (tertiary/aromatic N) is 1. The van der Waals surface area contributed by atoms with Gasteiger partial charge in [-0.25, -0.2) is 4.79 Å². The average molecular weight is 259 g/mol. The highest BCUT2D eigenvalue weighted by Crippen LogP contribution is 2.07. The number of amides is 1. The monoisotopic (exact) mass is 258 g/mol. The normalized spacial score (nSPS) is 11.9. The predicted octanol–water partition coefficient (Wildman–Crippen LogP) is 0.564. The van der Waals surface area contributed by atoms with Crippen molar-refractivity contribution < 1.29 is 19.4 Å². The summed E-state index contributed by atoms with van der Waals surface area (Å²) in [4.78, 5) is 26.2. The minimum Gasteiger partial charge on any atom is -0.480 e. The van der Waals surface area contributed by atoms with E-state index < -0.39 is 17.9 Å². The van der Waals surface area contributed by atoms with Gasteiger partial charge in [0.25, 0.3) is 5.91 Å². The Bertz CT molecular complexity index is 425. The molecule has 1 rings (SSSR count). The van der Waals surface area contributed by atoms with Gasteiger partial charge >= 0.3 is 5.97 Å². The van der Waals surface area contributed by atoms with E-state index >= 15 is 0 Å². The lowest BCUT2D eigenvalue weighted by atomic mass is 10.2. The van der Waals surface area contributed by atoms with E-state index in [-0.39, 0.29) is 12.3 Å². The molecule has 0 aliphatic carbocycles. The molecule has 0 aliphatic heterocycles. The molecule has 0 radical (unpaired) electrons. The maximum atomic E-state index is 11.6. The maximum absolute atomic E-state index is 11.6. The van der Waals surface area contributed by atoms with Crippen molar-refractivity contribution in [2.24, 2.45) is 0 Å². The number of carbonyl (C=O) groups excluding carboxylic acids is 1. The van der Waals surface area contributed by atoms with Crippen LogP contribution in [0.2, 0.25) is 5.02 Å². The van der Waals surface area contributed by atoms with Crippen molar-refractivity contribution in [1.82, 2.24) is 10.3 Å². The number of halogens is 1. The van der Waals surface area contributed by atoms with Gasteiger partial charge in [0, 0.05) is 18.3 Å². The van der Waals surface area contributed by atoms with Crippen molar-refractivity contribution >= 4 is 23.5 Å². The van der Waals surface area contributed by atoms with E-state index in [0.29, 0.717) is 5.02 Å². The van der Waals surface area contributed by atoms with Gasteiger partial charge < -0.3 is 15.2 Å². The fourth-order valence-corrected chi connectivity index (χ4v) is 1.26. The Balaban J connectivity index is 2.73. The number of methoxy groups -OCH3 is 1. The van der Waals surface area contributed by atoms with E-state index in [1.54, 1.807) is 0 Å². The zero-order valence-corrected chi connectivity index (χ0v) is 9.77. The van der Waals surface area contributed by atoms with Crippen molar-refractivity contribution in [3.63, 3.8) is 0 Å². The Morgan fingerprint density at radius 2 is 2.35 bits per heavy atom. The van der Waals surface area contributed by atoms with Gasteiger partial charge in [-0.1, -0.05) is 11.6 Å². The van der Waals surface area contributed by atoms with Crippen molar-refractivity contribution in [3.05, 3.63) is 29.0 Å². The molecule has 1 heterocycles. The molecule has 7 heteroatoms. The first kappa shape index (κ1) is 13.4. The lowest BCUT2D eigenvalue weighted by Crippen LogP contribution is -2.44. The summed E-state index contributed by atoms with van der Waals surface area (Å²) in [5.74, 6) is -1.79. The van der Waals surface area contributed by atoms with E-state index in [9.17, 15) is 9.59 Å². The number of ether oxygens (including phenoxy) is 1. The molecule has 0 fully saturated rings. The van der Waals surface area contributed by atoms with E-state index in [0.717, 1.165) is 0 Å². The highest BCUT2D eigenvalue weighted by Gasteiger charge is 2.21. The van der Waals surface area contributed by atoms with Gasteiger partial charge in [-0.3, -0.25) is 9.78 Å². The topological polar surface area (TPSA) is 88.5 Å². The Kier molecular flexibility index (Phi) is 4.86. The molecule has 0 saturated heterocycles. The number of carbonyl (C=O) groups is 2. The number of hydrogen-bond donors (Lipinski definition) is 2. The van der Waals surface area contributed by atoms with Crippen LogP contribution in [0.4, 0.5) is 0 Å². The average Bonchev–Trinajstić information content (AvgIpc) is 2.28. The molecule has 1 amide bonds. The van der Waals surface area contributed by atoms with Crippen molar-refractivity contribution in [3.8, 4) is 0 Å². The zero-order valence-electron chi connectivity index (χ0n) is 9.01. The van der Waals surface area contributed by atoms with Crippen LogP contribution in [-0.4, -0.2) is 41.7 Å². The molecule has 1 aromatic rings. The molecule has 1 unspecified atom stereocenters. The van der Waals surface area contributed by atoms with E-state index in [2.05, 4.69) is 15.0 Å². The van der Waals surface area contributed by atoms with Crippen LogP contribution in [0.1, 0.15) is 10.5 Å². The van der Waals surface area contributed by atoms with Crippen LogP contribution >= 0.6 is 11.6 Å². The van der Waals surface area contributed by atoms with Crippen LogP contribution in [0.15, 0.2) is 18.3 Å². The summed E-state index contributed by atoms with van der Waals surface area (Å²) in [6.07, 6.45) is 1.36. The third-order valence-corrected chi connectivity index (χ3v) is 2.13. The van der Waals surface area contributed by atoms with Crippen LogP contribution < -0.4 is 5.32 Å². The van der Waals surface area contributed by atoms with Crippen LogP contribution in [0.25, 0.3) is 0 Å². The number of pyridine rings is 1. The molecule has 6 nitrogen and oxygen atoms in total. The van der Waals surface area contributed by atoms with Crippen LogP contribution in [-0.2, 0) is 9.53 Å². The van der Waals surface area contributed by atoms with Crippen LogP contribution in [0, 0.1) is 0 Å². The Labute approximate surface area is 103 Å². The fourth-order valence-electron chi connectivity index (χ4n) is 1.10. The van der Waals surface area contributed by atoms with Gasteiger partial charge in [-0.15, -0.1) is 0 Å². The molecule has 0 aromatic carbocycles. The number of aromatic nitrogens is 1. The molecule has 0 bridgehead atoms. The second kappa shape index (κ2) is 6.17. The molecular formula is C10H11ClN2O4. The lowest BCUT2D eigenvalue weighted by molar-refractivity contribution is -0.140. The largest absolute Gasteiger partial charge is 0.480 e. The summed E-state index contributed by atoms with van der Waals surface area (Å²) in [6, 6.07) is 1.75. The molecular weight excluding hydrogens is 248 g/mol. The first-order valence-corrected chi connectivity index (χ1v) is 5.06. The number of hydrogen-bond acceptors (Lipinski definition) is 4. The van der Waals surface area contributed by atoms with Gasteiger partial charge in [-0.2, -0.15) is 0 Å². The number of nitrogens with one attached hydrogen (secondary N) is 1. The van der Waals surface area contributed by atoms with Gasteiger partial charge in [0.2, 0.25) is 0 Å². The van der Waals surface area contributed by atoms with Gasteiger partial charge in [0.1, 0.15) is 5.69 Å². The SMILES string of the molecule is COCC(NC(=O)c1cc(Cl)ccn1)C(=O)O. The Hall–Kier alpha value is -1.66. The van der Waals surface area contributed by atoms with E-state index in [4.69, 9.17) is 16.7 Å². The summed E-state index contributed by atoms with van der Waals surface area (Å²) in [5.41, 5.74) is 0.0554. The third-order valence-electron chi connectivity index (χ3n) is 1.89. The number of carboxylic acids is 1. The second-order valence-electron chi connectivity index (χ2n) is 3.18. The summed E-state index contributed by atoms with van der Waals surface area (Å²) in [7, 11) is 1.35. The summed E-state index contributed by atoms with van der Waals surface area (Å²) >= 11 is 5.69. The Morgan fingerprint density at radius 1 is 1.65 bits per heavy atom. The number of aliphatic carboxylic acids is 1. The quantitative estimate of drug-likeness (QED) is 0.806. The predicted molar refractivity (Wildman–Crippen MR) is 60.0 cm³/mol. The third kappa shape index (κ3) is 4.01. The first-order chi connectivity index (χ1) is 8.04. The number of rotatable bonds is 5. The summed E-state index contributed by atoms with van der Waals surface area (Å²) in [5, 5.41) is 11.4. The maximum Gasteiger partial charge on any atom is 0.328 e. The summed E-state index contributed by atoms with van der Waals surface area (Å²) in [6.45, 7) is -0.123. The molecule has 2 N–H and O–H groups in total.